The van der Waals surface area contributed by atoms with Crippen LogP contribution in [0.1, 0.15) is 36.7 Å². The second-order valence-corrected chi connectivity index (χ2v) is 10.1. The van der Waals surface area contributed by atoms with Gasteiger partial charge in [0.1, 0.15) is 11.4 Å². The average Bonchev–Trinajstić information content (AvgIpc) is 3.13. The number of nitrogens with zero attached hydrogens (tertiary/aromatic N) is 1. The van der Waals surface area contributed by atoms with E-state index in [1.165, 1.54) is 12.0 Å². The molecule has 172 valence electrons. The summed E-state index contributed by atoms with van der Waals surface area (Å²) in [5.41, 5.74) is 3.87. The standard InChI is InChI=1S/C25H27N3O4S/c1-15(24(31)32-6)26-22(29)16(2)28-14-21-19(8-7-9-20(21)23(28)30)17-10-12-18(13-11-17)27-33-25(3,4)5/h7-13,27H,1-2,14H2,3-6H3,(H,26,29). The van der Waals surface area contributed by atoms with E-state index >= 15 is 0 Å². The highest BCUT2D eigenvalue weighted by atomic mass is 32.2. The van der Waals surface area contributed by atoms with Crippen LogP contribution in [-0.2, 0) is 20.9 Å². The lowest BCUT2D eigenvalue weighted by Crippen LogP contribution is -2.36. The maximum absolute atomic E-state index is 13.0. The number of methoxy groups -OCH3 is 1. The van der Waals surface area contributed by atoms with Crippen LogP contribution in [0.15, 0.2) is 67.0 Å². The van der Waals surface area contributed by atoms with Crippen molar-refractivity contribution in [1.29, 1.82) is 0 Å². The predicted molar refractivity (Wildman–Crippen MR) is 131 cm³/mol. The monoisotopic (exact) mass is 465 g/mol. The molecule has 33 heavy (non-hydrogen) atoms. The zero-order valence-electron chi connectivity index (χ0n) is 19.2. The minimum Gasteiger partial charge on any atom is -0.464 e. The smallest absolute Gasteiger partial charge is 0.353 e. The van der Waals surface area contributed by atoms with Crippen molar-refractivity contribution in [3.8, 4) is 11.1 Å². The fourth-order valence-corrected chi connectivity index (χ4v) is 3.82. The van der Waals surface area contributed by atoms with E-state index < -0.39 is 11.9 Å². The molecule has 0 atom stereocenters. The van der Waals surface area contributed by atoms with Gasteiger partial charge in [-0.3, -0.25) is 14.5 Å². The Balaban J connectivity index is 1.79. The number of anilines is 1. The molecule has 2 N–H and O–H groups in total. The Morgan fingerprint density at radius 1 is 1.06 bits per heavy atom. The van der Waals surface area contributed by atoms with Crippen LogP contribution in [0.4, 0.5) is 5.69 Å². The van der Waals surface area contributed by atoms with Gasteiger partial charge in [0.2, 0.25) is 0 Å². The Bertz CT molecular complexity index is 1130. The van der Waals surface area contributed by atoms with Crippen molar-refractivity contribution in [2.24, 2.45) is 0 Å². The molecule has 2 amide bonds. The van der Waals surface area contributed by atoms with E-state index in [0.29, 0.717) is 5.56 Å². The van der Waals surface area contributed by atoms with Crippen molar-refractivity contribution < 1.29 is 19.1 Å². The summed E-state index contributed by atoms with van der Waals surface area (Å²) in [4.78, 5) is 38.3. The molecule has 1 aliphatic rings. The fraction of sp³-hybridized carbons (Fsp3) is 0.240. The van der Waals surface area contributed by atoms with Gasteiger partial charge in [0, 0.05) is 16.0 Å². The van der Waals surface area contributed by atoms with E-state index in [4.69, 9.17) is 0 Å². The van der Waals surface area contributed by atoms with Crippen molar-refractivity contribution in [1.82, 2.24) is 10.2 Å². The van der Waals surface area contributed by atoms with E-state index in [1.54, 1.807) is 18.0 Å². The molecule has 0 saturated heterocycles. The molecule has 2 aromatic carbocycles. The van der Waals surface area contributed by atoms with Crippen molar-refractivity contribution in [3.05, 3.63) is 78.1 Å². The molecular formula is C25H27N3O4S. The Morgan fingerprint density at radius 2 is 1.70 bits per heavy atom. The first-order valence-corrected chi connectivity index (χ1v) is 11.1. The van der Waals surface area contributed by atoms with Crippen molar-refractivity contribution >= 4 is 35.4 Å². The number of fused-ring (bicyclic) bond motifs is 1. The lowest BCUT2D eigenvalue weighted by Gasteiger charge is -2.19. The minimum absolute atomic E-state index is 0.0778. The third-order valence-corrected chi connectivity index (χ3v) is 5.87. The minimum atomic E-state index is -0.770. The number of hydrogen-bond donors (Lipinski definition) is 2. The van der Waals surface area contributed by atoms with Gasteiger partial charge in [0.15, 0.2) is 0 Å². The third-order valence-electron chi connectivity index (χ3n) is 4.92. The highest BCUT2D eigenvalue weighted by Crippen LogP contribution is 2.35. The van der Waals surface area contributed by atoms with E-state index in [9.17, 15) is 14.4 Å². The number of benzene rings is 2. The molecule has 0 aromatic heterocycles. The molecule has 1 aliphatic heterocycles. The molecule has 0 bridgehead atoms. The van der Waals surface area contributed by atoms with Gasteiger partial charge in [-0.2, -0.15) is 0 Å². The molecule has 1 heterocycles. The molecular weight excluding hydrogens is 438 g/mol. The second-order valence-electron chi connectivity index (χ2n) is 8.49. The summed E-state index contributed by atoms with van der Waals surface area (Å²) in [7, 11) is 1.18. The van der Waals surface area contributed by atoms with Crippen molar-refractivity contribution in [2.45, 2.75) is 32.1 Å². The van der Waals surface area contributed by atoms with Crippen LogP contribution < -0.4 is 10.0 Å². The van der Waals surface area contributed by atoms with Crippen LogP contribution in [0.25, 0.3) is 11.1 Å². The summed E-state index contributed by atoms with van der Waals surface area (Å²) in [5.74, 6) is -1.79. The highest BCUT2D eigenvalue weighted by Gasteiger charge is 2.33. The molecule has 8 heteroatoms. The van der Waals surface area contributed by atoms with Gasteiger partial charge in [-0.1, -0.05) is 37.4 Å². The van der Waals surface area contributed by atoms with Gasteiger partial charge < -0.3 is 14.8 Å². The Kier molecular flexibility index (Phi) is 6.98. The first kappa shape index (κ1) is 24.1. The largest absolute Gasteiger partial charge is 0.464 e. The van der Waals surface area contributed by atoms with Gasteiger partial charge in [-0.05, 0) is 67.6 Å². The summed E-state index contributed by atoms with van der Waals surface area (Å²) in [5, 5.41) is 2.32. The highest BCUT2D eigenvalue weighted by molar-refractivity contribution is 8.01. The topological polar surface area (TPSA) is 87.7 Å². The van der Waals surface area contributed by atoms with E-state index in [-0.39, 0.29) is 28.6 Å². The number of carbonyl (C=O) groups excluding carboxylic acids is 3. The average molecular weight is 466 g/mol. The van der Waals surface area contributed by atoms with Gasteiger partial charge in [-0.25, -0.2) is 4.79 Å². The quantitative estimate of drug-likeness (QED) is 0.356. The molecule has 0 spiro atoms. The summed E-state index contributed by atoms with van der Waals surface area (Å²) >= 11 is 1.64. The maximum Gasteiger partial charge on any atom is 0.353 e. The third kappa shape index (κ3) is 5.46. The molecule has 2 aromatic rings. The molecule has 0 aliphatic carbocycles. The number of hydrogen-bond acceptors (Lipinski definition) is 6. The number of esters is 1. The molecule has 0 fully saturated rings. The predicted octanol–water partition coefficient (Wildman–Crippen LogP) is 4.48. The number of rotatable bonds is 7. The first-order chi connectivity index (χ1) is 15.5. The van der Waals surface area contributed by atoms with Crippen LogP contribution in [0.2, 0.25) is 0 Å². The second kappa shape index (κ2) is 9.54. The van der Waals surface area contributed by atoms with Gasteiger partial charge in [-0.15, -0.1) is 0 Å². The summed E-state index contributed by atoms with van der Waals surface area (Å²) in [6, 6.07) is 13.5. The zero-order valence-corrected chi connectivity index (χ0v) is 20.0. The Labute approximate surface area is 198 Å². The van der Waals surface area contributed by atoms with Gasteiger partial charge >= 0.3 is 5.97 Å². The zero-order chi connectivity index (χ0) is 24.3. The van der Waals surface area contributed by atoms with Crippen LogP contribution in [-0.4, -0.2) is 34.5 Å². The van der Waals surface area contributed by atoms with Crippen LogP contribution in [0.3, 0.4) is 0 Å². The maximum atomic E-state index is 13.0. The number of ether oxygens (including phenoxy) is 1. The first-order valence-electron chi connectivity index (χ1n) is 10.3. The van der Waals surface area contributed by atoms with Gasteiger partial charge in [0.25, 0.3) is 11.8 Å². The number of nitrogens with one attached hydrogen (secondary N) is 2. The number of amides is 2. The van der Waals surface area contributed by atoms with E-state index in [0.717, 1.165) is 22.4 Å². The van der Waals surface area contributed by atoms with Gasteiger partial charge in [0.05, 0.1) is 13.7 Å². The van der Waals surface area contributed by atoms with E-state index in [2.05, 4.69) is 48.7 Å². The summed E-state index contributed by atoms with van der Waals surface area (Å²) in [6.45, 7) is 13.8. The lowest BCUT2D eigenvalue weighted by molar-refractivity contribution is -0.137. The molecule has 0 radical (unpaired) electrons. The summed E-state index contributed by atoms with van der Waals surface area (Å²) < 4.78 is 7.95. The molecule has 0 unspecified atom stereocenters. The SMILES string of the molecule is C=C(NC(=O)C(=C)N1Cc2c(cccc2-c2ccc(NSC(C)(C)C)cc2)C1=O)C(=O)OC. The fourth-order valence-electron chi connectivity index (χ4n) is 3.26. The Hall–Kier alpha value is -3.52. The van der Waals surface area contributed by atoms with Crippen LogP contribution in [0.5, 0.6) is 0 Å². The normalized spacial score (nSPS) is 12.7. The van der Waals surface area contributed by atoms with Crippen LogP contribution in [0, 0.1) is 0 Å². The molecule has 3 rings (SSSR count). The van der Waals surface area contributed by atoms with E-state index in [1.807, 2.05) is 36.4 Å². The van der Waals surface area contributed by atoms with Crippen molar-refractivity contribution in [3.63, 3.8) is 0 Å². The Morgan fingerprint density at radius 3 is 2.30 bits per heavy atom. The number of carbonyl (C=O) groups is 3. The lowest BCUT2D eigenvalue weighted by atomic mass is 9.97. The summed E-state index contributed by atoms with van der Waals surface area (Å²) in [6.07, 6.45) is 0. The van der Waals surface area contributed by atoms with Crippen LogP contribution >= 0.6 is 11.9 Å². The molecule has 0 saturated carbocycles. The molecule has 7 nitrogen and oxygen atoms in total. The van der Waals surface area contributed by atoms with Crippen molar-refractivity contribution in [2.75, 3.05) is 11.8 Å².